The molecular formula is C35H49BrN4O6. The Balaban J connectivity index is 1.44. The number of amides is 3. The van der Waals surface area contributed by atoms with Crippen LogP contribution in [0.4, 0.5) is 0 Å². The normalized spacial score (nSPS) is 28.7. The summed E-state index contributed by atoms with van der Waals surface area (Å²) >= 11 is 3.81. The molecule has 1 spiro atoms. The molecule has 0 aromatic heterocycles. The van der Waals surface area contributed by atoms with E-state index < -0.39 is 29.6 Å². The van der Waals surface area contributed by atoms with E-state index in [2.05, 4.69) is 34.0 Å². The first-order valence-electron chi connectivity index (χ1n) is 16.7. The summed E-state index contributed by atoms with van der Waals surface area (Å²) in [6.45, 7) is 13.6. The van der Waals surface area contributed by atoms with E-state index in [1.807, 2.05) is 30.3 Å². The molecule has 1 aromatic rings. The quantitative estimate of drug-likeness (QED) is 0.152. The molecule has 4 fully saturated rings. The van der Waals surface area contributed by atoms with Gasteiger partial charge in [-0.25, -0.2) is 0 Å². The number of alkyl halides is 1. The van der Waals surface area contributed by atoms with Gasteiger partial charge in [0.2, 0.25) is 17.7 Å². The number of unbranched alkanes of at least 4 members (excludes halogenated alkanes) is 3. The molecule has 1 aromatic carbocycles. The molecule has 5 rings (SSSR count). The van der Waals surface area contributed by atoms with Crippen molar-refractivity contribution >= 4 is 33.7 Å². The summed E-state index contributed by atoms with van der Waals surface area (Å²) in [5, 5.41) is 9.26. The van der Waals surface area contributed by atoms with Gasteiger partial charge < -0.3 is 29.3 Å². The molecule has 6 atom stereocenters. The Morgan fingerprint density at radius 3 is 2.39 bits per heavy atom. The maximum Gasteiger partial charge on any atom is 0.248 e. The van der Waals surface area contributed by atoms with E-state index in [9.17, 15) is 19.5 Å². The molecular weight excluding hydrogens is 652 g/mol. The number of ether oxygens (including phenoxy) is 2. The van der Waals surface area contributed by atoms with Gasteiger partial charge in [0.05, 0.1) is 31.2 Å². The fourth-order valence-corrected chi connectivity index (χ4v) is 8.73. The van der Waals surface area contributed by atoms with Crippen LogP contribution in [0.3, 0.4) is 0 Å². The van der Waals surface area contributed by atoms with Crippen LogP contribution in [0.25, 0.3) is 0 Å². The predicted molar refractivity (Wildman–Crippen MR) is 179 cm³/mol. The van der Waals surface area contributed by atoms with Crippen molar-refractivity contribution < 1.29 is 29.0 Å². The Hall–Kier alpha value is -2.57. The second-order valence-corrected chi connectivity index (χ2v) is 14.0. The Morgan fingerprint density at radius 1 is 1.00 bits per heavy atom. The number of carbonyl (C=O) groups is 3. The maximum absolute atomic E-state index is 14.7. The van der Waals surface area contributed by atoms with Crippen molar-refractivity contribution in [3.63, 3.8) is 0 Å². The fourth-order valence-electron chi connectivity index (χ4n) is 7.79. The van der Waals surface area contributed by atoms with Gasteiger partial charge in [0.15, 0.2) is 0 Å². The minimum atomic E-state index is -1.11. The highest BCUT2D eigenvalue weighted by Gasteiger charge is 2.76. The number of rotatable bonds is 17. The molecule has 11 heteroatoms. The number of carbonyl (C=O) groups excluding carboxylic acids is 3. The van der Waals surface area contributed by atoms with Crippen molar-refractivity contribution in [3.8, 4) is 0 Å². The third-order valence-corrected chi connectivity index (χ3v) is 10.8. The molecule has 0 radical (unpaired) electrons. The number of likely N-dealkylation sites (tertiary alicyclic amines) is 1. The topological polar surface area (TPSA) is 103 Å². The molecule has 4 aliphatic rings. The Morgan fingerprint density at radius 2 is 1.70 bits per heavy atom. The first-order valence-corrected chi connectivity index (χ1v) is 17.6. The zero-order valence-electron chi connectivity index (χ0n) is 26.8. The van der Waals surface area contributed by atoms with Crippen molar-refractivity contribution in [2.45, 2.75) is 61.2 Å². The standard InChI is InChI=1S/C35H49BrN4O6/c1-3-14-38(18-17-37-19-22-45-23-20-37)34(44)31-35-24-27(36)30(46-35)28(29(35)33(43)40(31)16-10-5-6-11-21-41)32(42)39(15-4-2)25-26-12-8-7-9-13-26/h3-4,7-9,12-13,27-31,41H,1-2,5-6,10-11,14-25H2/t27?,28-,29+,30-,31?,35?/m1/s1. The molecule has 2 bridgehead atoms. The molecule has 4 aliphatic heterocycles. The lowest BCUT2D eigenvalue weighted by Crippen LogP contribution is -2.58. The molecule has 3 unspecified atom stereocenters. The van der Waals surface area contributed by atoms with Crippen LogP contribution in [0.1, 0.15) is 37.7 Å². The molecule has 46 heavy (non-hydrogen) atoms. The van der Waals surface area contributed by atoms with E-state index in [1.165, 1.54) is 0 Å². The van der Waals surface area contributed by atoms with Crippen molar-refractivity contribution in [3.05, 3.63) is 61.2 Å². The molecule has 10 nitrogen and oxygen atoms in total. The van der Waals surface area contributed by atoms with E-state index in [0.29, 0.717) is 71.7 Å². The number of aliphatic hydroxyl groups is 1. The third-order valence-electron chi connectivity index (χ3n) is 9.94. The minimum absolute atomic E-state index is 0.129. The van der Waals surface area contributed by atoms with Crippen LogP contribution in [0.15, 0.2) is 55.6 Å². The van der Waals surface area contributed by atoms with Crippen molar-refractivity contribution in [2.75, 3.05) is 65.6 Å². The minimum Gasteiger partial charge on any atom is -0.396 e. The average Bonchev–Trinajstić information content (AvgIpc) is 3.66. The van der Waals surface area contributed by atoms with Crippen LogP contribution in [0.5, 0.6) is 0 Å². The second-order valence-electron chi connectivity index (χ2n) is 12.9. The van der Waals surface area contributed by atoms with E-state index in [0.717, 1.165) is 31.5 Å². The molecule has 4 heterocycles. The zero-order valence-corrected chi connectivity index (χ0v) is 28.4. The van der Waals surface area contributed by atoms with Crippen LogP contribution >= 0.6 is 15.9 Å². The van der Waals surface area contributed by atoms with Gasteiger partial charge in [0, 0.05) is 63.8 Å². The average molecular weight is 702 g/mol. The molecule has 0 saturated carbocycles. The molecule has 252 valence electrons. The lowest BCUT2D eigenvalue weighted by molar-refractivity contribution is -0.149. The van der Waals surface area contributed by atoms with Gasteiger partial charge in [-0.1, -0.05) is 71.3 Å². The lowest BCUT2D eigenvalue weighted by Gasteiger charge is -2.38. The van der Waals surface area contributed by atoms with E-state index >= 15 is 0 Å². The van der Waals surface area contributed by atoms with Crippen LogP contribution in [-0.2, 0) is 30.4 Å². The van der Waals surface area contributed by atoms with Crippen LogP contribution in [0, 0.1) is 11.8 Å². The number of fused-ring (bicyclic) bond motifs is 1. The molecule has 3 amide bonds. The van der Waals surface area contributed by atoms with Crippen LogP contribution < -0.4 is 0 Å². The summed E-state index contributed by atoms with van der Waals surface area (Å²) in [5.74, 6) is -1.95. The fraction of sp³-hybridized carbons (Fsp3) is 0.629. The van der Waals surface area contributed by atoms with Gasteiger partial charge in [-0.05, 0) is 24.8 Å². The van der Waals surface area contributed by atoms with E-state index in [4.69, 9.17) is 9.47 Å². The maximum atomic E-state index is 14.7. The number of nitrogens with zero attached hydrogens (tertiary/aromatic N) is 4. The van der Waals surface area contributed by atoms with Gasteiger partial charge in [0.1, 0.15) is 11.6 Å². The number of morpholine rings is 1. The summed E-state index contributed by atoms with van der Waals surface area (Å²) in [5.41, 5.74) is -0.119. The van der Waals surface area contributed by atoms with E-state index in [-0.39, 0.29) is 29.2 Å². The molecule has 4 saturated heterocycles. The number of hydrogen-bond acceptors (Lipinski definition) is 7. The first-order chi connectivity index (χ1) is 22.4. The molecule has 1 N–H and O–H groups in total. The van der Waals surface area contributed by atoms with Gasteiger partial charge in [-0.3, -0.25) is 19.3 Å². The highest BCUT2D eigenvalue weighted by Crippen LogP contribution is 2.60. The summed E-state index contributed by atoms with van der Waals surface area (Å²) in [6.07, 6.45) is 6.45. The lowest BCUT2D eigenvalue weighted by atomic mass is 9.70. The highest BCUT2D eigenvalue weighted by atomic mass is 79.9. The summed E-state index contributed by atoms with van der Waals surface area (Å²) < 4.78 is 12.3. The number of hydrogen-bond donors (Lipinski definition) is 1. The summed E-state index contributed by atoms with van der Waals surface area (Å²) in [6, 6.07) is 8.95. The monoisotopic (exact) mass is 700 g/mol. The SMILES string of the molecule is C=CCN(CCN1CCOCC1)C(=O)C1N(CCCCCCO)C(=O)[C@@H]2[C@@H](C(=O)N(CC=C)Cc3ccccc3)[C@@H]3OC12CC3Br. The first kappa shape index (κ1) is 34.8. The van der Waals surface area contributed by atoms with E-state index in [1.54, 1.807) is 26.9 Å². The zero-order chi connectivity index (χ0) is 32.7. The second kappa shape index (κ2) is 16.0. The van der Waals surface area contributed by atoms with Crippen LogP contribution in [0.2, 0.25) is 0 Å². The smallest absolute Gasteiger partial charge is 0.248 e. The number of aliphatic hydroxyl groups excluding tert-OH is 1. The van der Waals surface area contributed by atoms with Gasteiger partial charge in [-0.2, -0.15) is 0 Å². The molecule has 0 aliphatic carbocycles. The summed E-state index contributed by atoms with van der Waals surface area (Å²) in [4.78, 5) is 51.1. The van der Waals surface area contributed by atoms with Gasteiger partial charge in [-0.15, -0.1) is 13.2 Å². The summed E-state index contributed by atoms with van der Waals surface area (Å²) in [7, 11) is 0. The van der Waals surface area contributed by atoms with Gasteiger partial charge >= 0.3 is 0 Å². The van der Waals surface area contributed by atoms with Crippen LogP contribution in [-0.4, -0.2) is 131 Å². The highest BCUT2D eigenvalue weighted by molar-refractivity contribution is 9.09. The Labute approximate surface area is 281 Å². The van der Waals surface area contributed by atoms with Crippen molar-refractivity contribution in [2.24, 2.45) is 11.8 Å². The van der Waals surface area contributed by atoms with Gasteiger partial charge in [0.25, 0.3) is 0 Å². The predicted octanol–water partition coefficient (Wildman–Crippen LogP) is 2.85. The number of benzene rings is 1. The van der Waals surface area contributed by atoms with Crippen molar-refractivity contribution in [1.29, 1.82) is 0 Å². The Bertz CT molecular complexity index is 1230. The Kier molecular flexibility index (Phi) is 12.1. The largest absolute Gasteiger partial charge is 0.396 e. The number of halogens is 1. The van der Waals surface area contributed by atoms with Crippen molar-refractivity contribution in [1.82, 2.24) is 19.6 Å². The third kappa shape index (κ3) is 7.13.